The van der Waals surface area contributed by atoms with Crippen molar-refractivity contribution in [3.8, 4) is 5.75 Å². The highest BCUT2D eigenvalue weighted by atomic mass is 19.5. The van der Waals surface area contributed by atoms with Crippen molar-refractivity contribution in [2.45, 2.75) is 13.8 Å². The lowest BCUT2D eigenvalue weighted by molar-refractivity contribution is 0.368. The molecule has 0 bridgehead atoms. The number of ether oxygens (including phenoxy) is 1. The van der Waals surface area contributed by atoms with Gasteiger partial charge in [0.05, 0.1) is 7.11 Å². The van der Waals surface area contributed by atoms with Gasteiger partial charge in [-0.25, -0.2) is 0 Å². The molecule has 112 valence electrons. The third kappa shape index (κ3) is 6.82. The molecular formula is C11H16BF4N3O. The smallest absolute Gasteiger partial charge is 0.489 e. The molecule has 0 N–H and O–H groups in total. The molecule has 1 aromatic rings. The SMILES string of the molecule is CCN(CC)c1ccc([N+]#N)c(OC)c1.F[B-](F)(F)F. The van der Waals surface area contributed by atoms with Gasteiger partial charge in [-0.3, -0.25) is 0 Å². The highest BCUT2D eigenvalue weighted by molar-refractivity contribution is 6.50. The molecule has 0 aliphatic rings. The lowest BCUT2D eigenvalue weighted by Crippen LogP contribution is -2.21. The third-order valence-corrected chi connectivity index (χ3v) is 2.40. The number of methoxy groups -OCH3 is 1. The van der Waals surface area contributed by atoms with Crippen molar-refractivity contribution in [2.75, 3.05) is 25.1 Å². The molecule has 0 amide bonds. The van der Waals surface area contributed by atoms with E-state index >= 15 is 0 Å². The fourth-order valence-electron chi connectivity index (χ4n) is 1.53. The van der Waals surface area contributed by atoms with Gasteiger partial charge in [-0.2, -0.15) is 0 Å². The van der Waals surface area contributed by atoms with Gasteiger partial charge >= 0.3 is 12.9 Å². The van der Waals surface area contributed by atoms with E-state index in [-0.39, 0.29) is 0 Å². The lowest BCUT2D eigenvalue weighted by atomic mass is 10.2. The average Bonchev–Trinajstić information content (AvgIpc) is 2.38. The van der Waals surface area contributed by atoms with E-state index in [0.717, 1.165) is 18.8 Å². The van der Waals surface area contributed by atoms with Crippen LogP contribution in [0, 0.1) is 5.39 Å². The zero-order chi connectivity index (χ0) is 15.8. The summed E-state index contributed by atoms with van der Waals surface area (Å²) in [7, 11) is -4.43. The van der Waals surface area contributed by atoms with Crippen molar-refractivity contribution in [2.24, 2.45) is 0 Å². The summed E-state index contributed by atoms with van der Waals surface area (Å²) in [5, 5.41) is 8.72. The molecule has 0 aliphatic carbocycles. The molecule has 20 heavy (non-hydrogen) atoms. The molecule has 0 saturated heterocycles. The van der Waals surface area contributed by atoms with E-state index in [0.29, 0.717) is 11.4 Å². The van der Waals surface area contributed by atoms with Crippen molar-refractivity contribution in [3.63, 3.8) is 0 Å². The number of rotatable bonds is 4. The van der Waals surface area contributed by atoms with Crippen LogP contribution in [0.4, 0.5) is 28.6 Å². The molecule has 1 aromatic carbocycles. The van der Waals surface area contributed by atoms with Crippen LogP contribution in [0.15, 0.2) is 18.2 Å². The summed E-state index contributed by atoms with van der Waals surface area (Å²) in [6, 6.07) is 5.54. The number of diazo groups is 1. The van der Waals surface area contributed by atoms with Gasteiger partial charge in [0.1, 0.15) is 0 Å². The highest BCUT2D eigenvalue weighted by Gasteiger charge is 2.20. The van der Waals surface area contributed by atoms with Gasteiger partial charge in [0.25, 0.3) is 0 Å². The largest absolute Gasteiger partial charge is 0.673 e. The number of halogens is 4. The molecule has 0 aliphatic heterocycles. The molecule has 0 aromatic heterocycles. The van der Waals surface area contributed by atoms with E-state index in [1.807, 2.05) is 12.1 Å². The maximum Gasteiger partial charge on any atom is 0.673 e. The Morgan fingerprint density at radius 1 is 1.20 bits per heavy atom. The predicted molar refractivity (Wildman–Crippen MR) is 71.5 cm³/mol. The van der Waals surface area contributed by atoms with Crippen LogP contribution >= 0.6 is 0 Å². The van der Waals surface area contributed by atoms with Gasteiger partial charge in [-0.1, -0.05) is 0 Å². The molecule has 4 nitrogen and oxygen atoms in total. The zero-order valence-electron chi connectivity index (χ0n) is 11.5. The average molecular weight is 293 g/mol. The Balaban J connectivity index is 0.000000621. The van der Waals surface area contributed by atoms with Crippen molar-refractivity contribution in [1.29, 1.82) is 5.39 Å². The molecule has 9 heteroatoms. The van der Waals surface area contributed by atoms with Gasteiger partial charge in [0.15, 0.2) is 4.98 Å². The fraction of sp³-hybridized carbons (Fsp3) is 0.455. The molecule has 0 heterocycles. The zero-order valence-corrected chi connectivity index (χ0v) is 11.5. The van der Waals surface area contributed by atoms with Crippen LogP contribution in [0.3, 0.4) is 0 Å². The van der Waals surface area contributed by atoms with E-state index in [9.17, 15) is 17.3 Å². The predicted octanol–water partition coefficient (Wildman–Crippen LogP) is 4.33. The summed E-state index contributed by atoms with van der Waals surface area (Å²) in [5.41, 5.74) is 1.53. The molecule has 0 radical (unpaired) electrons. The fourth-order valence-corrected chi connectivity index (χ4v) is 1.53. The maximum absolute atomic E-state index is 9.75. The quantitative estimate of drug-likeness (QED) is 0.471. The summed E-state index contributed by atoms with van der Waals surface area (Å²) < 4.78 is 44.1. The second kappa shape index (κ2) is 8.25. The first-order valence-electron chi connectivity index (χ1n) is 5.92. The van der Waals surface area contributed by atoms with Crippen LogP contribution in [-0.4, -0.2) is 27.5 Å². The van der Waals surface area contributed by atoms with Crippen molar-refractivity contribution in [3.05, 3.63) is 23.2 Å². The number of nitrogens with zero attached hydrogens (tertiary/aromatic N) is 3. The van der Waals surface area contributed by atoms with Gasteiger partial charge in [0, 0.05) is 30.9 Å². The number of hydrogen-bond acceptors (Lipinski definition) is 3. The van der Waals surface area contributed by atoms with Crippen LogP contribution in [0.25, 0.3) is 4.98 Å². The summed E-state index contributed by atoms with van der Waals surface area (Å²) in [5.74, 6) is 0.585. The molecular weight excluding hydrogens is 277 g/mol. The molecule has 0 saturated carbocycles. The first-order valence-corrected chi connectivity index (χ1v) is 5.92. The normalized spacial score (nSPS) is 10.1. The van der Waals surface area contributed by atoms with E-state index in [1.165, 1.54) is 0 Å². The van der Waals surface area contributed by atoms with Crippen LogP contribution in [0.5, 0.6) is 5.75 Å². The summed E-state index contributed by atoms with van der Waals surface area (Å²) >= 11 is 0. The summed E-state index contributed by atoms with van der Waals surface area (Å²) in [6.07, 6.45) is 0. The Morgan fingerprint density at radius 2 is 1.70 bits per heavy atom. The van der Waals surface area contributed by atoms with Crippen LogP contribution in [0.1, 0.15) is 13.8 Å². The summed E-state index contributed by atoms with van der Waals surface area (Å²) in [4.78, 5) is 5.35. The van der Waals surface area contributed by atoms with Gasteiger partial charge < -0.3 is 26.9 Å². The molecule has 1 rings (SSSR count). The van der Waals surface area contributed by atoms with Gasteiger partial charge in [-0.05, 0) is 19.9 Å². The van der Waals surface area contributed by atoms with Gasteiger partial charge in [0.2, 0.25) is 11.1 Å². The monoisotopic (exact) mass is 293 g/mol. The standard InChI is InChI=1S/C11H16N3O.BF4/c1-4-14(5-2)9-6-7-10(13-12)11(8-9)15-3;2-1(3,4)5/h6-8H,4-5H2,1-3H3;/q+1;-1. The number of hydrogen-bond donors (Lipinski definition) is 0. The first kappa shape index (κ1) is 18.0. The minimum atomic E-state index is -6.00. The third-order valence-electron chi connectivity index (χ3n) is 2.40. The molecule has 0 fully saturated rings. The van der Waals surface area contributed by atoms with Crippen LogP contribution in [0.2, 0.25) is 0 Å². The molecule has 0 atom stereocenters. The van der Waals surface area contributed by atoms with E-state index in [4.69, 9.17) is 10.1 Å². The summed E-state index contributed by atoms with van der Waals surface area (Å²) in [6.45, 7) is 6.07. The van der Waals surface area contributed by atoms with Crippen LogP contribution in [-0.2, 0) is 0 Å². The minimum Gasteiger partial charge on any atom is -0.489 e. The van der Waals surface area contributed by atoms with Crippen molar-refractivity contribution in [1.82, 2.24) is 0 Å². The van der Waals surface area contributed by atoms with E-state index < -0.39 is 7.25 Å². The van der Waals surface area contributed by atoms with Crippen molar-refractivity contribution < 1.29 is 22.0 Å². The molecule has 0 spiro atoms. The highest BCUT2D eigenvalue weighted by Crippen LogP contribution is 2.31. The Bertz CT molecular complexity index is 452. The van der Waals surface area contributed by atoms with Crippen molar-refractivity contribution >= 4 is 18.6 Å². The first-order chi connectivity index (χ1) is 9.26. The Hall–Kier alpha value is -1.98. The van der Waals surface area contributed by atoms with Gasteiger partial charge in [-0.15, -0.1) is 0 Å². The number of anilines is 1. The lowest BCUT2D eigenvalue weighted by Gasteiger charge is -2.20. The van der Waals surface area contributed by atoms with E-state index in [2.05, 4.69) is 23.7 Å². The number of benzene rings is 1. The van der Waals surface area contributed by atoms with Crippen LogP contribution < -0.4 is 9.64 Å². The van der Waals surface area contributed by atoms with E-state index in [1.54, 1.807) is 13.2 Å². The second-order valence-electron chi connectivity index (χ2n) is 3.62. The molecule has 0 unspecified atom stereocenters. The topological polar surface area (TPSA) is 40.6 Å². The second-order valence-corrected chi connectivity index (χ2v) is 3.62. The Morgan fingerprint density at radius 3 is 2.05 bits per heavy atom. The minimum absolute atomic E-state index is 0.452. The Labute approximate surface area is 115 Å². The Kier molecular flexibility index (Phi) is 7.43. The maximum atomic E-state index is 9.75.